The van der Waals surface area contributed by atoms with Crippen molar-refractivity contribution in [2.24, 2.45) is 11.3 Å². The van der Waals surface area contributed by atoms with Gasteiger partial charge in [-0.25, -0.2) is 4.98 Å². The minimum absolute atomic E-state index is 0.150. The van der Waals surface area contributed by atoms with Crippen molar-refractivity contribution in [3.8, 4) is 11.3 Å². The summed E-state index contributed by atoms with van der Waals surface area (Å²) in [6.45, 7) is 3.95. The monoisotopic (exact) mass is 578 g/mol. The van der Waals surface area contributed by atoms with Crippen molar-refractivity contribution in [2.45, 2.75) is 51.6 Å². The molecule has 10 nitrogen and oxygen atoms in total. The van der Waals surface area contributed by atoms with E-state index in [1.54, 1.807) is 4.90 Å². The molecule has 5 rings (SSSR count). The van der Waals surface area contributed by atoms with Crippen LogP contribution in [0, 0.1) is 11.3 Å². The lowest BCUT2D eigenvalue weighted by molar-refractivity contribution is -0.145. The Hall–Kier alpha value is -3.57. The number of carboxylic acids is 1. The minimum atomic E-state index is -0.976. The maximum absolute atomic E-state index is 13.3. The van der Waals surface area contributed by atoms with Crippen LogP contribution in [-0.4, -0.2) is 81.2 Å². The van der Waals surface area contributed by atoms with Gasteiger partial charge in [0, 0.05) is 43.7 Å². The molecule has 0 bridgehead atoms. The highest BCUT2D eigenvalue weighted by atomic mass is 32.1. The molecule has 1 saturated heterocycles. The fraction of sp³-hybridized carbons (Fsp3) is 0.500. The van der Waals surface area contributed by atoms with E-state index >= 15 is 0 Å². The Kier molecular flexibility index (Phi) is 8.84. The number of rotatable bonds is 11. The molecule has 1 aromatic carbocycles. The van der Waals surface area contributed by atoms with Gasteiger partial charge in [-0.2, -0.15) is 5.10 Å². The van der Waals surface area contributed by atoms with Crippen LogP contribution in [0.5, 0.6) is 0 Å². The summed E-state index contributed by atoms with van der Waals surface area (Å²) in [6.07, 6.45) is 7.28. The molecule has 0 saturated carbocycles. The zero-order valence-electron chi connectivity index (χ0n) is 23.7. The van der Waals surface area contributed by atoms with Crippen molar-refractivity contribution in [3.05, 3.63) is 58.2 Å². The molecule has 1 aliphatic heterocycles. The van der Waals surface area contributed by atoms with Crippen molar-refractivity contribution < 1.29 is 19.5 Å². The van der Waals surface area contributed by atoms with Crippen LogP contribution < -0.4 is 5.32 Å². The molecule has 0 atom stereocenters. The fourth-order valence-corrected chi connectivity index (χ4v) is 6.80. The van der Waals surface area contributed by atoms with Crippen LogP contribution in [0.3, 0.4) is 0 Å². The number of carboxylic acid groups (broad SMARTS) is 1. The summed E-state index contributed by atoms with van der Waals surface area (Å²) >= 11 is 1.47. The predicted molar refractivity (Wildman–Crippen MR) is 156 cm³/mol. The van der Waals surface area contributed by atoms with E-state index < -0.39 is 11.4 Å². The summed E-state index contributed by atoms with van der Waals surface area (Å²) < 4.78 is 1.94. The van der Waals surface area contributed by atoms with Gasteiger partial charge in [0.2, 0.25) is 11.8 Å². The first-order valence-electron chi connectivity index (χ1n) is 14.2. The fourth-order valence-electron chi connectivity index (χ4n) is 6.06. The molecule has 0 spiro atoms. The number of carbonyl (C=O) groups is 3. The van der Waals surface area contributed by atoms with Gasteiger partial charge >= 0.3 is 5.97 Å². The molecular formula is C30H38N6O4S. The number of amides is 2. The third-order valence-corrected chi connectivity index (χ3v) is 9.12. The lowest BCUT2D eigenvalue weighted by atomic mass is 9.80. The van der Waals surface area contributed by atoms with E-state index in [1.165, 1.54) is 11.3 Å². The lowest BCUT2D eigenvalue weighted by Crippen LogP contribution is -2.43. The molecule has 2 amide bonds. The van der Waals surface area contributed by atoms with Gasteiger partial charge in [-0.3, -0.25) is 19.1 Å². The minimum Gasteiger partial charge on any atom is -0.481 e. The Labute approximate surface area is 244 Å². The number of fused-ring (bicyclic) bond motifs is 1. The average molecular weight is 579 g/mol. The topological polar surface area (TPSA) is 121 Å². The van der Waals surface area contributed by atoms with Crippen LogP contribution in [0.1, 0.15) is 41.8 Å². The number of likely N-dealkylation sites (tertiary alicyclic amines) is 1. The molecule has 2 aliphatic rings. The highest BCUT2D eigenvalue weighted by Gasteiger charge is 2.45. The summed E-state index contributed by atoms with van der Waals surface area (Å²) in [5.41, 5.74) is 2.84. The van der Waals surface area contributed by atoms with Crippen LogP contribution in [0.4, 0.5) is 0 Å². The Morgan fingerprint density at radius 1 is 1.12 bits per heavy atom. The van der Waals surface area contributed by atoms with Crippen LogP contribution in [0.25, 0.3) is 11.3 Å². The smallest absolute Gasteiger partial charge is 0.304 e. The Morgan fingerprint density at radius 2 is 1.83 bits per heavy atom. The number of piperidine rings is 1. The number of aliphatic carboxylic acids is 1. The van der Waals surface area contributed by atoms with Gasteiger partial charge in [0.25, 0.3) is 0 Å². The van der Waals surface area contributed by atoms with E-state index in [-0.39, 0.29) is 30.7 Å². The third kappa shape index (κ3) is 6.84. The number of benzene rings is 1. The summed E-state index contributed by atoms with van der Waals surface area (Å²) in [4.78, 5) is 45.9. The first-order valence-corrected chi connectivity index (χ1v) is 15.1. The predicted octanol–water partition coefficient (Wildman–Crippen LogP) is 3.07. The maximum Gasteiger partial charge on any atom is 0.304 e. The Bertz CT molecular complexity index is 1370. The van der Waals surface area contributed by atoms with E-state index in [4.69, 9.17) is 4.98 Å². The Morgan fingerprint density at radius 3 is 2.49 bits per heavy atom. The Balaban J connectivity index is 1.10. The highest BCUT2D eigenvalue weighted by Crippen LogP contribution is 2.40. The summed E-state index contributed by atoms with van der Waals surface area (Å²) in [7, 11) is 3.65. The molecule has 1 aliphatic carbocycles. The number of hydrogen-bond donors (Lipinski definition) is 2. The third-order valence-electron chi connectivity index (χ3n) is 8.27. The SMILES string of the molecule is CN(C)C(=O)C1CCN(CCCn2cc(-c3csc(CNC(=O)C4(CC(=O)O)Cc5ccccc5C4)n3)cn2)CC1. The zero-order chi connectivity index (χ0) is 29.0. The van der Waals surface area contributed by atoms with Gasteiger partial charge in [-0.1, -0.05) is 24.3 Å². The van der Waals surface area contributed by atoms with Crippen molar-refractivity contribution in [1.29, 1.82) is 0 Å². The second-order valence-corrected chi connectivity index (χ2v) is 12.4. The van der Waals surface area contributed by atoms with Gasteiger partial charge in [-0.05, 0) is 62.9 Å². The first kappa shape index (κ1) is 28.9. The molecule has 3 heterocycles. The van der Waals surface area contributed by atoms with Crippen molar-refractivity contribution in [2.75, 3.05) is 33.7 Å². The van der Waals surface area contributed by atoms with Gasteiger partial charge in [-0.15, -0.1) is 11.3 Å². The van der Waals surface area contributed by atoms with Crippen molar-refractivity contribution >= 4 is 29.1 Å². The summed E-state index contributed by atoms with van der Waals surface area (Å²) in [6, 6.07) is 7.79. The molecule has 0 unspecified atom stereocenters. The molecule has 1 fully saturated rings. The number of thiazole rings is 1. The second-order valence-electron chi connectivity index (χ2n) is 11.5. The molecule has 11 heteroatoms. The standard InChI is InChI=1S/C30H38N6O4S/c1-34(2)28(39)21-8-12-35(13-9-21)10-5-11-36-19-24(17-32-36)25-20-41-26(33-25)18-31-29(40)30(16-27(37)38)14-22-6-3-4-7-23(22)15-30/h3-4,6-7,17,19-21H,5,8-16,18H2,1-2H3,(H,31,40)(H,37,38). The second kappa shape index (κ2) is 12.5. The van der Waals surface area contributed by atoms with E-state index in [1.807, 2.05) is 60.8 Å². The number of aromatic nitrogens is 3. The van der Waals surface area contributed by atoms with Gasteiger partial charge in [0.05, 0.1) is 30.3 Å². The molecule has 2 N–H and O–H groups in total. The molecular weight excluding hydrogens is 540 g/mol. The van der Waals surface area contributed by atoms with E-state index in [2.05, 4.69) is 15.3 Å². The molecule has 2 aromatic heterocycles. The van der Waals surface area contributed by atoms with Crippen LogP contribution in [-0.2, 0) is 40.3 Å². The highest BCUT2D eigenvalue weighted by molar-refractivity contribution is 7.09. The number of nitrogens with zero attached hydrogens (tertiary/aromatic N) is 5. The average Bonchev–Trinajstić information content (AvgIpc) is 3.70. The van der Waals surface area contributed by atoms with Crippen molar-refractivity contribution in [3.63, 3.8) is 0 Å². The zero-order valence-corrected chi connectivity index (χ0v) is 24.5. The molecule has 0 radical (unpaired) electrons. The number of carbonyl (C=O) groups excluding carboxylic acids is 2. The quantitative estimate of drug-likeness (QED) is 0.359. The van der Waals surface area contributed by atoms with Crippen LogP contribution >= 0.6 is 11.3 Å². The van der Waals surface area contributed by atoms with E-state index in [9.17, 15) is 19.5 Å². The van der Waals surface area contributed by atoms with E-state index in [0.29, 0.717) is 12.8 Å². The molecule has 41 heavy (non-hydrogen) atoms. The lowest BCUT2D eigenvalue weighted by Gasteiger charge is -2.32. The maximum atomic E-state index is 13.3. The first-order chi connectivity index (χ1) is 19.7. The molecule has 3 aromatic rings. The van der Waals surface area contributed by atoms with Crippen LogP contribution in [0.2, 0.25) is 0 Å². The largest absolute Gasteiger partial charge is 0.481 e. The normalized spacial score (nSPS) is 16.8. The summed E-state index contributed by atoms with van der Waals surface area (Å²) in [5, 5.41) is 19.7. The van der Waals surface area contributed by atoms with E-state index in [0.717, 1.165) is 72.8 Å². The van der Waals surface area contributed by atoms with Gasteiger partial charge in [0.15, 0.2) is 0 Å². The van der Waals surface area contributed by atoms with Gasteiger partial charge in [0.1, 0.15) is 5.01 Å². The van der Waals surface area contributed by atoms with Crippen LogP contribution in [0.15, 0.2) is 42.0 Å². The number of hydrogen-bond acceptors (Lipinski definition) is 7. The number of nitrogens with one attached hydrogen (secondary N) is 1. The number of aryl methyl sites for hydroxylation is 1. The molecule has 218 valence electrons. The summed E-state index contributed by atoms with van der Waals surface area (Å²) in [5.74, 6) is -0.822. The van der Waals surface area contributed by atoms with Gasteiger partial charge < -0.3 is 20.2 Å². The van der Waals surface area contributed by atoms with Crippen molar-refractivity contribution in [1.82, 2.24) is 29.9 Å².